The van der Waals surface area contributed by atoms with E-state index in [1.54, 1.807) is 18.5 Å². The van der Waals surface area contributed by atoms with Gasteiger partial charge in [0.15, 0.2) is 5.69 Å². The molecular formula is C19H19N7O2. The molecule has 0 spiro atoms. The van der Waals surface area contributed by atoms with Crippen LogP contribution in [0.4, 0.5) is 17.2 Å². The second kappa shape index (κ2) is 8.12. The largest absolute Gasteiger partial charge is 0.375 e. The fourth-order valence-corrected chi connectivity index (χ4v) is 2.58. The Balaban J connectivity index is 1.95. The van der Waals surface area contributed by atoms with Crippen LogP contribution in [0.2, 0.25) is 0 Å². The molecule has 0 atom stereocenters. The molecule has 3 rings (SSSR count). The van der Waals surface area contributed by atoms with Crippen LogP contribution in [0.5, 0.6) is 0 Å². The van der Waals surface area contributed by atoms with Gasteiger partial charge in [-0.15, -0.1) is 0 Å². The van der Waals surface area contributed by atoms with E-state index in [9.17, 15) is 9.59 Å². The number of amides is 2. The third-order valence-electron chi connectivity index (χ3n) is 3.80. The fourth-order valence-electron chi connectivity index (χ4n) is 2.58. The lowest BCUT2D eigenvalue weighted by Crippen LogP contribution is -2.22. The third-order valence-corrected chi connectivity index (χ3v) is 3.80. The maximum atomic E-state index is 11.7. The molecule has 3 aromatic heterocycles. The minimum atomic E-state index is -0.689. The van der Waals surface area contributed by atoms with Crippen LogP contribution in [0.25, 0.3) is 11.3 Å². The number of anilines is 3. The van der Waals surface area contributed by atoms with Crippen LogP contribution in [0.1, 0.15) is 16.1 Å². The SMILES string of the molecule is Cc1cc(Nc2cc(NCC(N)=O)cnc2C(N)=O)nc(-c2ccncc2)c1. The predicted molar refractivity (Wildman–Crippen MR) is 106 cm³/mol. The summed E-state index contributed by atoms with van der Waals surface area (Å²) in [5.74, 6) is -0.690. The molecule has 142 valence electrons. The summed E-state index contributed by atoms with van der Waals surface area (Å²) in [7, 11) is 0. The van der Waals surface area contributed by atoms with E-state index in [-0.39, 0.29) is 12.2 Å². The van der Waals surface area contributed by atoms with Crippen molar-refractivity contribution < 1.29 is 9.59 Å². The molecule has 0 fully saturated rings. The minimum Gasteiger partial charge on any atom is -0.375 e. The molecule has 0 aliphatic heterocycles. The van der Waals surface area contributed by atoms with Crippen LogP contribution in [-0.4, -0.2) is 33.3 Å². The number of rotatable bonds is 7. The second-order valence-corrected chi connectivity index (χ2v) is 6.08. The molecule has 0 unspecified atom stereocenters. The Morgan fingerprint density at radius 2 is 1.86 bits per heavy atom. The third kappa shape index (κ3) is 4.58. The van der Waals surface area contributed by atoms with Gasteiger partial charge in [-0.05, 0) is 42.8 Å². The van der Waals surface area contributed by atoms with Crippen molar-refractivity contribution in [1.29, 1.82) is 0 Å². The standard InChI is InChI=1S/C19H19N7O2/c1-11-6-14(12-2-4-22-5-3-12)25-17(7-11)26-15-8-13(23-10-16(20)27)9-24-18(15)19(21)28/h2-9,23H,10H2,1H3,(H2,20,27)(H2,21,28)(H,25,26). The number of aryl methyl sites for hydroxylation is 1. The monoisotopic (exact) mass is 377 g/mol. The highest BCUT2D eigenvalue weighted by molar-refractivity contribution is 5.97. The van der Waals surface area contributed by atoms with Crippen molar-refractivity contribution in [1.82, 2.24) is 15.0 Å². The zero-order chi connectivity index (χ0) is 20.1. The van der Waals surface area contributed by atoms with Gasteiger partial charge in [-0.2, -0.15) is 0 Å². The molecular weight excluding hydrogens is 358 g/mol. The second-order valence-electron chi connectivity index (χ2n) is 6.08. The van der Waals surface area contributed by atoms with Crippen LogP contribution >= 0.6 is 0 Å². The lowest BCUT2D eigenvalue weighted by atomic mass is 10.1. The van der Waals surface area contributed by atoms with Crippen molar-refractivity contribution >= 4 is 29.0 Å². The van der Waals surface area contributed by atoms with Crippen LogP contribution in [-0.2, 0) is 4.79 Å². The van der Waals surface area contributed by atoms with Crippen molar-refractivity contribution in [3.8, 4) is 11.3 Å². The Bertz CT molecular complexity index is 1020. The number of carbonyl (C=O) groups is 2. The molecule has 3 heterocycles. The Labute approximate surface area is 161 Å². The Kier molecular flexibility index (Phi) is 5.45. The summed E-state index contributed by atoms with van der Waals surface area (Å²) in [6, 6.07) is 9.11. The molecule has 28 heavy (non-hydrogen) atoms. The molecule has 0 saturated carbocycles. The lowest BCUT2D eigenvalue weighted by Gasteiger charge is -2.13. The number of hydrogen-bond acceptors (Lipinski definition) is 7. The van der Waals surface area contributed by atoms with Crippen LogP contribution in [0, 0.1) is 6.92 Å². The fraction of sp³-hybridized carbons (Fsp3) is 0.105. The van der Waals surface area contributed by atoms with Gasteiger partial charge < -0.3 is 22.1 Å². The molecule has 3 aromatic rings. The first-order chi connectivity index (χ1) is 13.4. The number of carbonyl (C=O) groups excluding carboxylic acids is 2. The molecule has 0 saturated heterocycles. The summed E-state index contributed by atoms with van der Waals surface area (Å²) in [5, 5.41) is 5.92. The van der Waals surface area contributed by atoms with E-state index in [0.29, 0.717) is 17.2 Å². The van der Waals surface area contributed by atoms with E-state index < -0.39 is 11.8 Å². The van der Waals surface area contributed by atoms with Gasteiger partial charge in [0.1, 0.15) is 5.82 Å². The summed E-state index contributed by atoms with van der Waals surface area (Å²) in [6.45, 7) is 1.88. The smallest absolute Gasteiger partial charge is 0.269 e. The first-order valence-electron chi connectivity index (χ1n) is 8.40. The number of pyridine rings is 3. The van der Waals surface area contributed by atoms with Crippen molar-refractivity contribution in [2.24, 2.45) is 11.5 Å². The molecule has 0 aromatic carbocycles. The highest BCUT2D eigenvalue weighted by Crippen LogP contribution is 2.25. The summed E-state index contributed by atoms with van der Waals surface area (Å²) in [4.78, 5) is 35.4. The van der Waals surface area contributed by atoms with Gasteiger partial charge in [-0.3, -0.25) is 14.6 Å². The van der Waals surface area contributed by atoms with Gasteiger partial charge in [-0.25, -0.2) is 9.97 Å². The van der Waals surface area contributed by atoms with Crippen LogP contribution in [0.3, 0.4) is 0 Å². The molecule has 9 heteroatoms. The van der Waals surface area contributed by atoms with E-state index in [1.165, 1.54) is 6.20 Å². The molecule has 0 radical (unpaired) electrons. The summed E-state index contributed by atoms with van der Waals surface area (Å²) >= 11 is 0. The van der Waals surface area contributed by atoms with E-state index >= 15 is 0 Å². The Morgan fingerprint density at radius 1 is 1.11 bits per heavy atom. The molecule has 2 amide bonds. The van der Waals surface area contributed by atoms with Crippen LogP contribution < -0.4 is 22.1 Å². The number of nitrogens with zero attached hydrogens (tertiary/aromatic N) is 3. The highest BCUT2D eigenvalue weighted by Gasteiger charge is 2.13. The average Bonchev–Trinajstić information content (AvgIpc) is 2.66. The summed E-state index contributed by atoms with van der Waals surface area (Å²) in [5.41, 5.74) is 14.1. The number of nitrogens with one attached hydrogen (secondary N) is 2. The van der Waals surface area contributed by atoms with Crippen molar-refractivity contribution in [3.05, 3.63) is 60.2 Å². The van der Waals surface area contributed by atoms with Gasteiger partial charge in [0.2, 0.25) is 5.91 Å². The maximum absolute atomic E-state index is 11.7. The number of nitrogens with two attached hydrogens (primary N) is 2. The number of primary amides is 2. The van der Waals surface area contributed by atoms with Gasteiger partial charge in [-0.1, -0.05) is 0 Å². The van der Waals surface area contributed by atoms with E-state index in [4.69, 9.17) is 11.5 Å². The summed E-state index contributed by atoms with van der Waals surface area (Å²) in [6.07, 6.45) is 4.78. The number of aromatic nitrogens is 3. The van der Waals surface area contributed by atoms with E-state index in [0.717, 1.165) is 16.8 Å². The zero-order valence-corrected chi connectivity index (χ0v) is 15.1. The first-order valence-corrected chi connectivity index (χ1v) is 8.40. The predicted octanol–water partition coefficient (Wildman–Crippen LogP) is 1.59. The molecule has 0 bridgehead atoms. The molecule has 0 aliphatic carbocycles. The highest BCUT2D eigenvalue weighted by atomic mass is 16.1. The number of hydrogen-bond donors (Lipinski definition) is 4. The topological polar surface area (TPSA) is 149 Å². The molecule has 0 aliphatic rings. The first kappa shape index (κ1) is 18.8. The molecule has 9 nitrogen and oxygen atoms in total. The van der Waals surface area contributed by atoms with E-state index in [1.807, 2.05) is 31.2 Å². The zero-order valence-electron chi connectivity index (χ0n) is 15.1. The van der Waals surface area contributed by atoms with Gasteiger partial charge >= 0.3 is 0 Å². The quantitative estimate of drug-likeness (QED) is 0.488. The lowest BCUT2D eigenvalue weighted by molar-refractivity contribution is -0.116. The van der Waals surface area contributed by atoms with E-state index in [2.05, 4.69) is 25.6 Å². The van der Waals surface area contributed by atoms with Gasteiger partial charge in [0.25, 0.3) is 5.91 Å². The summed E-state index contributed by atoms with van der Waals surface area (Å²) < 4.78 is 0. The van der Waals surface area contributed by atoms with Crippen molar-refractivity contribution in [2.45, 2.75) is 6.92 Å². The Hall–Kier alpha value is -4.01. The minimum absolute atomic E-state index is 0.0541. The normalized spacial score (nSPS) is 10.3. The van der Waals surface area contributed by atoms with Gasteiger partial charge in [0.05, 0.1) is 29.8 Å². The van der Waals surface area contributed by atoms with Crippen molar-refractivity contribution in [2.75, 3.05) is 17.2 Å². The maximum Gasteiger partial charge on any atom is 0.269 e. The average molecular weight is 377 g/mol. The van der Waals surface area contributed by atoms with Gasteiger partial charge in [0, 0.05) is 18.0 Å². The van der Waals surface area contributed by atoms with Crippen LogP contribution in [0.15, 0.2) is 48.9 Å². The Morgan fingerprint density at radius 3 is 2.54 bits per heavy atom. The molecule has 6 N–H and O–H groups in total. The van der Waals surface area contributed by atoms with Crippen molar-refractivity contribution in [3.63, 3.8) is 0 Å².